The standard InChI is InChI=1S/C11H14O2.CH4O.H2O/c1-3-8(2)9-6-4-5-7-10(9)11(12)13;1-2;/h4-8H,3H2,1-2H3,(H,12,13);2H,1H3;1H2/t8-;;/m1../s1. The summed E-state index contributed by atoms with van der Waals surface area (Å²) in [6.07, 6.45) is 0.963. The van der Waals surface area contributed by atoms with Crippen LogP contribution >= 0.6 is 0 Å². The summed E-state index contributed by atoms with van der Waals surface area (Å²) in [4.78, 5) is 10.8. The van der Waals surface area contributed by atoms with E-state index in [9.17, 15) is 4.79 Å². The molecule has 1 aromatic carbocycles. The summed E-state index contributed by atoms with van der Waals surface area (Å²) < 4.78 is 0. The molecule has 4 nitrogen and oxygen atoms in total. The molecule has 0 aliphatic rings. The van der Waals surface area contributed by atoms with Crippen LogP contribution in [0.4, 0.5) is 0 Å². The lowest BCUT2D eigenvalue weighted by molar-refractivity contribution is 0.0695. The maximum atomic E-state index is 10.8. The van der Waals surface area contributed by atoms with E-state index in [0.717, 1.165) is 19.1 Å². The van der Waals surface area contributed by atoms with Gasteiger partial charge in [-0.2, -0.15) is 0 Å². The van der Waals surface area contributed by atoms with Crippen LogP contribution in [0, 0.1) is 0 Å². The first-order chi connectivity index (χ1) is 7.16. The fraction of sp³-hybridized carbons (Fsp3) is 0.417. The smallest absolute Gasteiger partial charge is 0.335 e. The van der Waals surface area contributed by atoms with E-state index in [1.54, 1.807) is 12.1 Å². The van der Waals surface area contributed by atoms with Gasteiger partial charge in [-0.05, 0) is 24.0 Å². The van der Waals surface area contributed by atoms with Crippen molar-refractivity contribution >= 4 is 5.97 Å². The molecule has 4 heteroatoms. The van der Waals surface area contributed by atoms with Crippen LogP contribution in [-0.2, 0) is 0 Å². The summed E-state index contributed by atoms with van der Waals surface area (Å²) in [6, 6.07) is 7.19. The Labute approximate surface area is 95.9 Å². The van der Waals surface area contributed by atoms with E-state index in [1.807, 2.05) is 19.1 Å². The third-order valence-electron chi connectivity index (χ3n) is 2.33. The molecular weight excluding hydrogens is 208 g/mol. The first kappa shape index (κ1) is 17.0. The molecule has 1 rings (SSSR count). The van der Waals surface area contributed by atoms with Crippen LogP contribution in [-0.4, -0.2) is 28.8 Å². The molecule has 0 radical (unpaired) electrons. The van der Waals surface area contributed by atoms with Gasteiger partial charge in [0.05, 0.1) is 5.56 Å². The summed E-state index contributed by atoms with van der Waals surface area (Å²) in [6.45, 7) is 4.10. The predicted octanol–water partition coefficient (Wildman–Crippen LogP) is 1.68. The van der Waals surface area contributed by atoms with Gasteiger partial charge in [0.1, 0.15) is 0 Å². The van der Waals surface area contributed by atoms with Crippen LogP contribution in [0.2, 0.25) is 0 Å². The van der Waals surface area contributed by atoms with Crippen molar-refractivity contribution in [3.05, 3.63) is 35.4 Å². The highest BCUT2D eigenvalue weighted by Crippen LogP contribution is 2.22. The molecule has 0 heterocycles. The number of aliphatic hydroxyl groups excluding tert-OH is 1. The van der Waals surface area contributed by atoms with E-state index in [1.165, 1.54) is 0 Å². The lowest BCUT2D eigenvalue weighted by Gasteiger charge is -2.11. The lowest BCUT2D eigenvalue weighted by atomic mass is 9.94. The Morgan fingerprint density at radius 2 is 1.81 bits per heavy atom. The Bertz CT molecular complexity index is 310. The number of carboxylic acid groups (broad SMARTS) is 1. The van der Waals surface area contributed by atoms with Crippen LogP contribution in [0.3, 0.4) is 0 Å². The van der Waals surface area contributed by atoms with Crippen LogP contribution in [0.5, 0.6) is 0 Å². The van der Waals surface area contributed by atoms with Crippen LogP contribution in [0.25, 0.3) is 0 Å². The number of aromatic carboxylic acids is 1. The first-order valence-electron chi connectivity index (χ1n) is 4.93. The van der Waals surface area contributed by atoms with E-state index in [-0.39, 0.29) is 5.48 Å². The molecule has 0 fully saturated rings. The third kappa shape index (κ3) is 4.42. The normalized spacial score (nSPS) is 10.5. The maximum Gasteiger partial charge on any atom is 0.335 e. The Hall–Kier alpha value is -1.39. The van der Waals surface area contributed by atoms with Crippen molar-refractivity contribution in [2.75, 3.05) is 7.11 Å². The number of benzene rings is 1. The van der Waals surface area contributed by atoms with Gasteiger partial charge in [0.15, 0.2) is 0 Å². The van der Waals surface area contributed by atoms with Gasteiger partial charge >= 0.3 is 5.97 Å². The average Bonchev–Trinajstić information content (AvgIpc) is 2.30. The number of rotatable bonds is 3. The van der Waals surface area contributed by atoms with Crippen molar-refractivity contribution in [1.82, 2.24) is 0 Å². The molecule has 16 heavy (non-hydrogen) atoms. The van der Waals surface area contributed by atoms with Crippen molar-refractivity contribution in [3.63, 3.8) is 0 Å². The van der Waals surface area contributed by atoms with Crippen molar-refractivity contribution in [2.24, 2.45) is 0 Å². The Balaban J connectivity index is 0. The molecule has 0 bridgehead atoms. The molecule has 0 aliphatic carbocycles. The van der Waals surface area contributed by atoms with Gasteiger partial charge in [0.25, 0.3) is 0 Å². The molecule has 0 aliphatic heterocycles. The second kappa shape index (κ2) is 8.88. The van der Waals surface area contributed by atoms with Crippen molar-refractivity contribution in [1.29, 1.82) is 0 Å². The SMILES string of the molecule is CC[C@@H](C)c1ccccc1C(=O)O.CO.O. The molecule has 1 atom stereocenters. The van der Waals surface area contributed by atoms with Gasteiger partial charge in [-0.25, -0.2) is 4.79 Å². The van der Waals surface area contributed by atoms with Crippen LogP contribution in [0.15, 0.2) is 24.3 Å². The van der Waals surface area contributed by atoms with Crippen LogP contribution < -0.4 is 0 Å². The van der Waals surface area contributed by atoms with Crippen molar-refractivity contribution < 1.29 is 20.5 Å². The lowest BCUT2D eigenvalue weighted by Crippen LogP contribution is -2.04. The fourth-order valence-electron chi connectivity index (χ4n) is 1.34. The summed E-state index contributed by atoms with van der Waals surface area (Å²) in [5.41, 5.74) is 1.36. The average molecular weight is 228 g/mol. The summed E-state index contributed by atoms with van der Waals surface area (Å²) in [5, 5.41) is 15.9. The molecule has 92 valence electrons. The van der Waals surface area contributed by atoms with Gasteiger partial charge in [-0.3, -0.25) is 0 Å². The monoisotopic (exact) mass is 228 g/mol. The number of carbonyl (C=O) groups is 1. The maximum absolute atomic E-state index is 10.8. The Kier molecular flexibility index (Phi) is 9.45. The Morgan fingerprint density at radius 3 is 2.25 bits per heavy atom. The van der Waals surface area contributed by atoms with Crippen molar-refractivity contribution in [2.45, 2.75) is 26.2 Å². The molecule has 0 aromatic heterocycles. The van der Waals surface area contributed by atoms with E-state index in [2.05, 4.69) is 6.92 Å². The zero-order valence-electron chi connectivity index (χ0n) is 9.90. The second-order valence-corrected chi connectivity index (χ2v) is 3.20. The largest absolute Gasteiger partial charge is 0.478 e. The van der Waals surface area contributed by atoms with Gasteiger partial charge in [0.2, 0.25) is 0 Å². The topological polar surface area (TPSA) is 89.0 Å². The minimum absolute atomic E-state index is 0. The highest BCUT2D eigenvalue weighted by Gasteiger charge is 2.12. The Morgan fingerprint density at radius 1 is 1.31 bits per heavy atom. The molecule has 0 spiro atoms. The summed E-state index contributed by atoms with van der Waals surface area (Å²) in [7, 11) is 1.00. The van der Waals surface area contributed by atoms with E-state index < -0.39 is 5.97 Å². The summed E-state index contributed by atoms with van der Waals surface area (Å²) in [5.74, 6) is -0.525. The zero-order chi connectivity index (χ0) is 11.8. The zero-order valence-corrected chi connectivity index (χ0v) is 9.90. The molecule has 0 saturated heterocycles. The molecule has 1 aromatic rings. The van der Waals surface area contributed by atoms with E-state index in [0.29, 0.717) is 11.5 Å². The minimum atomic E-state index is -0.837. The second-order valence-electron chi connectivity index (χ2n) is 3.20. The molecule has 0 saturated carbocycles. The molecule has 0 amide bonds. The minimum Gasteiger partial charge on any atom is -0.478 e. The van der Waals surface area contributed by atoms with Gasteiger partial charge in [0, 0.05) is 7.11 Å². The van der Waals surface area contributed by atoms with Gasteiger partial charge in [-0.1, -0.05) is 32.0 Å². The highest BCUT2D eigenvalue weighted by molar-refractivity contribution is 5.89. The summed E-state index contributed by atoms with van der Waals surface area (Å²) >= 11 is 0. The third-order valence-corrected chi connectivity index (χ3v) is 2.33. The number of carboxylic acids is 1. The van der Waals surface area contributed by atoms with Crippen LogP contribution in [0.1, 0.15) is 42.1 Å². The van der Waals surface area contributed by atoms with Crippen molar-refractivity contribution in [3.8, 4) is 0 Å². The fourth-order valence-corrected chi connectivity index (χ4v) is 1.34. The van der Waals surface area contributed by atoms with E-state index >= 15 is 0 Å². The highest BCUT2D eigenvalue weighted by atomic mass is 16.4. The van der Waals surface area contributed by atoms with Gasteiger partial charge in [-0.15, -0.1) is 0 Å². The molecular formula is C12H20O4. The predicted molar refractivity (Wildman–Crippen MR) is 63.9 cm³/mol. The molecule has 4 N–H and O–H groups in total. The molecule has 0 unspecified atom stereocenters. The number of aliphatic hydroxyl groups is 1. The quantitative estimate of drug-likeness (QED) is 0.824. The van der Waals surface area contributed by atoms with E-state index in [4.69, 9.17) is 10.2 Å². The van der Waals surface area contributed by atoms with Gasteiger partial charge < -0.3 is 15.7 Å². The first-order valence-corrected chi connectivity index (χ1v) is 4.93. The number of hydrogen-bond acceptors (Lipinski definition) is 2. The number of hydrogen-bond donors (Lipinski definition) is 2.